The molecule has 0 radical (unpaired) electrons. The molecule has 0 aromatic heterocycles. The average Bonchev–Trinajstić information content (AvgIpc) is 2.32. The Morgan fingerprint density at radius 2 is 2.05 bits per heavy atom. The standard InChI is InChI=1S/C18H30N2/c1-5-11-19-18(13-20(4)16-7-6-8-16)17-10-9-14(2)12-15(17)3/h9-10,12,16,18-19H,5-8,11,13H2,1-4H3. The first-order valence-corrected chi connectivity index (χ1v) is 8.12. The van der Waals surface area contributed by atoms with Crippen molar-refractivity contribution in [1.29, 1.82) is 0 Å². The monoisotopic (exact) mass is 274 g/mol. The van der Waals surface area contributed by atoms with Gasteiger partial charge in [-0.05, 0) is 57.8 Å². The van der Waals surface area contributed by atoms with E-state index in [1.165, 1.54) is 42.4 Å². The molecule has 2 nitrogen and oxygen atoms in total. The van der Waals surface area contributed by atoms with Crippen LogP contribution in [0.15, 0.2) is 18.2 Å². The fourth-order valence-electron chi connectivity index (χ4n) is 3.07. The zero-order chi connectivity index (χ0) is 14.5. The second-order valence-corrected chi connectivity index (χ2v) is 6.39. The lowest BCUT2D eigenvalue weighted by molar-refractivity contribution is 0.145. The van der Waals surface area contributed by atoms with Gasteiger partial charge in [0.2, 0.25) is 0 Å². The van der Waals surface area contributed by atoms with Crippen molar-refractivity contribution in [1.82, 2.24) is 10.2 Å². The number of likely N-dealkylation sites (N-methyl/N-ethyl adjacent to an activating group) is 1. The molecular weight excluding hydrogens is 244 g/mol. The lowest BCUT2D eigenvalue weighted by Crippen LogP contribution is -2.42. The van der Waals surface area contributed by atoms with E-state index in [1.54, 1.807) is 0 Å². The first-order chi connectivity index (χ1) is 9.61. The van der Waals surface area contributed by atoms with E-state index in [2.05, 4.69) is 56.2 Å². The number of hydrogen-bond donors (Lipinski definition) is 1. The molecule has 1 aromatic carbocycles. The normalized spacial score (nSPS) is 17.2. The Hall–Kier alpha value is -0.860. The van der Waals surface area contributed by atoms with Crippen LogP contribution in [0.3, 0.4) is 0 Å². The summed E-state index contributed by atoms with van der Waals surface area (Å²) in [6.45, 7) is 8.87. The molecule has 20 heavy (non-hydrogen) atoms. The van der Waals surface area contributed by atoms with Crippen LogP contribution < -0.4 is 5.32 Å². The van der Waals surface area contributed by atoms with Crippen molar-refractivity contribution >= 4 is 0 Å². The van der Waals surface area contributed by atoms with Gasteiger partial charge in [0.05, 0.1) is 0 Å². The van der Waals surface area contributed by atoms with Crippen LogP contribution in [-0.2, 0) is 0 Å². The summed E-state index contributed by atoms with van der Waals surface area (Å²) in [6.07, 6.45) is 5.36. The van der Waals surface area contributed by atoms with E-state index >= 15 is 0 Å². The highest BCUT2D eigenvalue weighted by atomic mass is 15.2. The van der Waals surface area contributed by atoms with Crippen LogP contribution in [-0.4, -0.2) is 31.1 Å². The first-order valence-electron chi connectivity index (χ1n) is 8.12. The largest absolute Gasteiger partial charge is 0.309 e. The summed E-state index contributed by atoms with van der Waals surface area (Å²) < 4.78 is 0. The molecule has 0 saturated heterocycles. The fourth-order valence-corrected chi connectivity index (χ4v) is 3.07. The third kappa shape index (κ3) is 3.83. The predicted molar refractivity (Wildman–Crippen MR) is 87.2 cm³/mol. The maximum Gasteiger partial charge on any atom is 0.0451 e. The Bertz CT molecular complexity index is 423. The van der Waals surface area contributed by atoms with Crippen LogP contribution in [0.4, 0.5) is 0 Å². The Balaban J connectivity index is 2.08. The molecule has 2 heteroatoms. The lowest BCUT2D eigenvalue weighted by atomic mass is 9.90. The quantitative estimate of drug-likeness (QED) is 0.813. The molecule has 1 unspecified atom stereocenters. The summed E-state index contributed by atoms with van der Waals surface area (Å²) >= 11 is 0. The van der Waals surface area contributed by atoms with Crippen molar-refractivity contribution < 1.29 is 0 Å². The van der Waals surface area contributed by atoms with Crippen LogP contribution in [0.5, 0.6) is 0 Å². The van der Waals surface area contributed by atoms with E-state index in [-0.39, 0.29) is 0 Å². The second kappa shape index (κ2) is 7.24. The zero-order valence-electron chi connectivity index (χ0n) is 13.6. The molecule has 1 N–H and O–H groups in total. The summed E-state index contributed by atoms with van der Waals surface area (Å²) in [4.78, 5) is 2.55. The molecule has 112 valence electrons. The zero-order valence-corrected chi connectivity index (χ0v) is 13.6. The minimum atomic E-state index is 0.459. The number of benzene rings is 1. The summed E-state index contributed by atoms with van der Waals surface area (Å²) in [6, 6.07) is 8.13. The van der Waals surface area contributed by atoms with Crippen LogP contribution >= 0.6 is 0 Å². The number of hydrogen-bond acceptors (Lipinski definition) is 2. The van der Waals surface area contributed by atoms with Gasteiger partial charge >= 0.3 is 0 Å². The average molecular weight is 274 g/mol. The molecule has 0 heterocycles. The highest BCUT2D eigenvalue weighted by Crippen LogP contribution is 2.26. The number of nitrogens with zero attached hydrogens (tertiary/aromatic N) is 1. The maximum absolute atomic E-state index is 3.74. The third-order valence-electron chi connectivity index (χ3n) is 4.61. The van der Waals surface area contributed by atoms with Crippen LogP contribution in [0.1, 0.15) is 55.3 Å². The molecule has 0 spiro atoms. The molecule has 1 atom stereocenters. The molecule has 1 saturated carbocycles. The van der Waals surface area contributed by atoms with Gasteiger partial charge in [-0.2, -0.15) is 0 Å². The summed E-state index contributed by atoms with van der Waals surface area (Å²) in [5.74, 6) is 0. The van der Waals surface area contributed by atoms with E-state index in [1.807, 2.05) is 0 Å². The topological polar surface area (TPSA) is 15.3 Å². The van der Waals surface area contributed by atoms with Crippen LogP contribution in [0.2, 0.25) is 0 Å². The number of aryl methyl sites for hydroxylation is 2. The maximum atomic E-state index is 3.74. The van der Waals surface area contributed by atoms with E-state index in [0.29, 0.717) is 6.04 Å². The van der Waals surface area contributed by atoms with Crippen molar-refractivity contribution in [2.75, 3.05) is 20.1 Å². The van der Waals surface area contributed by atoms with Crippen molar-refractivity contribution in [3.8, 4) is 0 Å². The molecule has 0 bridgehead atoms. The minimum absolute atomic E-state index is 0.459. The Labute approximate surface area is 124 Å². The van der Waals surface area contributed by atoms with E-state index in [9.17, 15) is 0 Å². The summed E-state index contributed by atoms with van der Waals surface area (Å²) in [5.41, 5.74) is 4.24. The Morgan fingerprint density at radius 3 is 2.60 bits per heavy atom. The van der Waals surface area contributed by atoms with E-state index < -0.39 is 0 Å². The van der Waals surface area contributed by atoms with E-state index in [0.717, 1.165) is 19.1 Å². The van der Waals surface area contributed by atoms with Crippen LogP contribution in [0, 0.1) is 13.8 Å². The molecule has 0 aliphatic heterocycles. The molecule has 0 amide bonds. The molecular formula is C18H30N2. The van der Waals surface area contributed by atoms with Gasteiger partial charge in [-0.1, -0.05) is 37.1 Å². The third-order valence-corrected chi connectivity index (χ3v) is 4.61. The van der Waals surface area contributed by atoms with Crippen molar-refractivity contribution in [2.45, 2.75) is 58.5 Å². The van der Waals surface area contributed by atoms with Gasteiger partial charge in [0.25, 0.3) is 0 Å². The SMILES string of the molecule is CCCNC(CN(C)C1CCC1)c1ccc(C)cc1C. The van der Waals surface area contributed by atoms with Gasteiger partial charge in [0, 0.05) is 18.6 Å². The van der Waals surface area contributed by atoms with Gasteiger partial charge in [-0.15, -0.1) is 0 Å². The smallest absolute Gasteiger partial charge is 0.0451 e. The van der Waals surface area contributed by atoms with Gasteiger partial charge in [0.15, 0.2) is 0 Å². The number of nitrogens with one attached hydrogen (secondary N) is 1. The molecule has 1 aliphatic rings. The molecule has 2 rings (SSSR count). The Morgan fingerprint density at radius 1 is 1.30 bits per heavy atom. The molecule has 1 aromatic rings. The second-order valence-electron chi connectivity index (χ2n) is 6.39. The fraction of sp³-hybridized carbons (Fsp3) is 0.667. The van der Waals surface area contributed by atoms with Gasteiger partial charge in [0.1, 0.15) is 0 Å². The molecule has 1 fully saturated rings. The van der Waals surface area contributed by atoms with Crippen molar-refractivity contribution in [2.24, 2.45) is 0 Å². The minimum Gasteiger partial charge on any atom is -0.309 e. The Kier molecular flexibility index (Phi) is 5.62. The summed E-state index contributed by atoms with van der Waals surface area (Å²) in [7, 11) is 2.29. The highest BCUT2D eigenvalue weighted by Gasteiger charge is 2.24. The van der Waals surface area contributed by atoms with Gasteiger partial charge < -0.3 is 10.2 Å². The van der Waals surface area contributed by atoms with Gasteiger partial charge in [-0.25, -0.2) is 0 Å². The lowest BCUT2D eigenvalue weighted by Gasteiger charge is -2.37. The van der Waals surface area contributed by atoms with Gasteiger partial charge in [-0.3, -0.25) is 0 Å². The first kappa shape index (κ1) is 15.5. The summed E-state index contributed by atoms with van der Waals surface area (Å²) in [5, 5.41) is 3.74. The highest BCUT2D eigenvalue weighted by molar-refractivity contribution is 5.33. The van der Waals surface area contributed by atoms with Crippen molar-refractivity contribution in [3.63, 3.8) is 0 Å². The van der Waals surface area contributed by atoms with Crippen molar-refractivity contribution in [3.05, 3.63) is 34.9 Å². The van der Waals surface area contributed by atoms with E-state index in [4.69, 9.17) is 0 Å². The molecule has 1 aliphatic carbocycles. The predicted octanol–water partition coefficient (Wildman–Crippen LogP) is 3.83. The number of rotatable bonds is 7. The van der Waals surface area contributed by atoms with Crippen LogP contribution in [0.25, 0.3) is 0 Å².